The molecule has 0 radical (unpaired) electrons. The molecule has 0 amide bonds. The molecule has 17 heavy (non-hydrogen) atoms. The number of rotatable bonds is 0. The molecule has 1 heterocycles. The van der Waals surface area contributed by atoms with Crippen LogP contribution in [0, 0.1) is 0 Å². The molecule has 0 aliphatic heterocycles. The zero-order valence-corrected chi connectivity index (χ0v) is 9.73. The van der Waals surface area contributed by atoms with E-state index in [0.29, 0.717) is 0 Å². The smallest absolute Gasteiger partial charge is 0.485 e. The number of nitrogens with one attached hydrogen (secondary N) is 2. The van der Waals surface area contributed by atoms with E-state index in [1.807, 2.05) is 12.1 Å². The van der Waals surface area contributed by atoms with Crippen LogP contribution in [0.4, 0.5) is 13.2 Å². The van der Waals surface area contributed by atoms with Crippen molar-refractivity contribution in [3.8, 4) is 0 Å². The fourth-order valence-electron chi connectivity index (χ4n) is 0.825. The fraction of sp³-hybridized carbons (Fsp3) is 0.143. The van der Waals surface area contributed by atoms with Gasteiger partial charge in [0.15, 0.2) is 10.1 Å². The zero-order chi connectivity index (χ0) is 13.1. The fourth-order valence-corrected chi connectivity index (χ4v) is 1.53. The summed E-state index contributed by atoms with van der Waals surface area (Å²) in [7, 11) is -4.93. The van der Waals surface area contributed by atoms with Crippen molar-refractivity contribution >= 4 is 29.1 Å². The molecule has 0 fully saturated rings. The van der Waals surface area contributed by atoms with E-state index in [-0.39, 0.29) is 0 Å². The van der Waals surface area contributed by atoms with Crippen LogP contribution in [0.2, 0.25) is 0 Å². The molecule has 1 aromatic carbocycles. The quantitative estimate of drug-likeness (QED) is 0.589. The summed E-state index contributed by atoms with van der Waals surface area (Å²) in [5.74, 6) is 0. The minimum atomic E-state index is -6.09. The summed E-state index contributed by atoms with van der Waals surface area (Å²) in [6, 6.07) is 8.22. The third-order valence-electron chi connectivity index (χ3n) is 1.55. The van der Waals surface area contributed by atoms with Gasteiger partial charge in [-0.3, -0.25) is 0 Å². The van der Waals surface area contributed by atoms with Crippen molar-refractivity contribution < 1.29 is 31.2 Å². The molecule has 2 aromatic rings. The molecule has 0 saturated carbocycles. The van der Waals surface area contributed by atoms with Crippen LogP contribution in [-0.2, 0) is 10.1 Å². The number of benzene rings is 1. The van der Waals surface area contributed by atoms with Gasteiger partial charge < -0.3 is 4.55 Å². The number of aromatic amines is 2. The van der Waals surface area contributed by atoms with Crippen LogP contribution >= 0.6 is 8.35 Å². The second-order valence-electron chi connectivity index (χ2n) is 2.77. The highest BCUT2D eigenvalue weighted by Gasteiger charge is 2.36. The third-order valence-corrected chi connectivity index (χ3v) is 2.98. The van der Waals surface area contributed by atoms with E-state index in [0.717, 1.165) is 8.35 Å². The van der Waals surface area contributed by atoms with E-state index in [4.69, 9.17) is 13.0 Å². The lowest BCUT2D eigenvalue weighted by molar-refractivity contribution is -0.413. The molecule has 1 aromatic heterocycles. The van der Waals surface area contributed by atoms with Crippen LogP contribution in [0.25, 0.3) is 10.6 Å². The average Bonchev–Trinajstić information content (AvgIpc) is 2.62. The Morgan fingerprint density at radius 2 is 1.82 bits per heavy atom. The molecule has 0 aliphatic rings. The number of para-hydroxylation sites is 1. The van der Waals surface area contributed by atoms with Crippen LogP contribution in [0.3, 0.4) is 0 Å². The first kappa shape index (κ1) is 13.9. The predicted molar refractivity (Wildman–Crippen MR) is 53.1 cm³/mol. The van der Waals surface area contributed by atoms with Crippen LogP contribution in [0.5, 0.6) is 0 Å². The van der Waals surface area contributed by atoms with E-state index in [1.165, 1.54) is 10.6 Å². The lowest BCUT2D eigenvalue weighted by Gasteiger charge is -2.08. The number of hydrogen-bond acceptors (Lipinski definition) is 3. The van der Waals surface area contributed by atoms with Gasteiger partial charge in [0.1, 0.15) is 0 Å². The van der Waals surface area contributed by atoms with Crippen molar-refractivity contribution in [2.75, 3.05) is 0 Å². The van der Waals surface area contributed by atoms with E-state index >= 15 is 0 Å². The van der Waals surface area contributed by atoms with Gasteiger partial charge in [0.05, 0.1) is 13.5 Å². The Labute approximate surface area is 95.6 Å². The highest BCUT2D eigenvalue weighted by atomic mass is 32.2. The Balaban J connectivity index is 0.000000172. The van der Waals surface area contributed by atoms with Crippen molar-refractivity contribution in [2.24, 2.45) is 0 Å². The first-order chi connectivity index (χ1) is 7.72. The van der Waals surface area contributed by atoms with Gasteiger partial charge >= 0.3 is 5.51 Å². The summed E-state index contributed by atoms with van der Waals surface area (Å²) < 4.78 is 58.9. The number of fused-ring (bicyclic) bond motifs is 1. The summed E-state index contributed by atoms with van der Waals surface area (Å²) in [4.78, 5) is 3.01. The maximum absolute atomic E-state index is 10.7. The molecule has 0 unspecified atom stereocenters. The molecular weight excluding hydrogens is 280 g/mol. The zero-order valence-electron chi connectivity index (χ0n) is 8.02. The molecule has 5 nitrogen and oxygen atoms in total. The lowest BCUT2D eigenvalue weighted by Crippen LogP contribution is -2.21. The molecule has 0 aliphatic carbocycles. The summed E-state index contributed by atoms with van der Waals surface area (Å²) in [5, 5.41) is 4.35. The Bertz CT molecular complexity index is 565. The molecule has 2 N–H and O–H groups in total. The van der Waals surface area contributed by atoms with Gasteiger partial charge in [0.2, 0.25) is 5.52 Å². The van der Waals surface area contributed by atoms with E-state index in [2.05, 4.69) is 22.1 Å². The average molecular weight is 286 g/mol. The van der Waals surface area contributed by atoms with Gasteiger partial charge in [-0.25, -0.2) is 8.42 Å². The van der Waals surface area contributed by atoms with Gasteiger partial charge in [0.25, 0.3) is 0 Å². The maximum Gasteiger partial charge on any atom is 0.485 e. The maximum atomic E-state index is 10.7. The Morgan fingerprint density at radius 3 is 2.29 bits per heavy atom. The Hall–Kier alpha value is -1.18. The van der Waals surface area contributed by atoms with Crippen LogP contribution in [0.15, 0.2) is 24.3 Å². The molecular formula is C7H6F3N2O3PS. The molecule has 94 valence electrons. The molecule has 2 rings (SSSR count). The van der Waals surface area contributed by atoms with Gasteiger partial charge in [-0.2, -0.15) is 13.2 Å². The molecule has 0 saturated heterocycles. The Kier molecular flexibility index (Phi) is 4.07. The van der Waals surface area contributed by atoms with E-state index < -0.39 is 15.6 Å². The monoisotopic (exact) mass is 286 g/mol. The first-order valence-electron chi connectivity index (χ1n) is 4.05. The van der Waals surface area contributed by atoms with Gasteiger partial charge in [-0.05, 0) is 6.07 Å². The van der Waals surface area contributed by atoms with Crippen LogP contribution in [0.1, 0.15) is 0 Å². The minimum absolute atomic E-state index is 1.16. The number of alkyl halides is 3. The number of H-pyrrole nitrogens is 2. The highest BCUT2D eigenvalue weighted by molar-refractivity contribution is 7.86. The largest absolute Gasteiger partial charge is 0.741 e. The third kappa shape index (κ3) is 3.95. The van der Waals surface area contributed by atoms with Crippen molar-refractivity contribution in [1.29, 1.82) is 0 Å². The second-order valence-corrected chi connectivity index (χ2v) is 5.07. The second kappa shape index (κ2) is 4.99. The van der Waals surface area contributed by atoms with Crippen LogP contribution < -0.4 is 5.10 Å². The van der Waals surface area contributed by atoms with Crippen molar-refractivity contribution in [1.82, 2.24) is 4.86 Å². The lowest BCUT2D eigenvalue weighted by atomic mass is 10.3. The molecule has 10 heteroatoms. The molecule has 0 bridgehead atoms. The SMILES string of the molecule is O=S(=O)([O-])C(F)(F)F.c1ccc2p[nH][nH+]c2c1. The van der Waals surface area contributed by atoms with Gasteiger partial charge in [0, 0.05) is 6.07 Å². The minimum Gasteiger partial charge on any atom is -0.741 e. The summed E-state index contributed by atoms with van der Waals surface area (Å²) in [5.41, 5.74) is -4.45. The van der Waals surface area contributed by atoms with Gasteiger partial charge in [-0.1, -0.05) is 12.1 Å². The van der Waals surface area contributed by atoms with Gasteiger partial charge in [-0.15, -0.1) is 9.96 Å². The number of hydrogen-bond donors (Lipinski definition) is 1. The molecule has 0 atom stereocenters. The van der Waals surface area contributed by atoms with E-state index in [1.54, 1.807) is 0 Å². The van der Waals surface area contributed by atoms with Crippen LogP contribution in [-0.4, -0.2) is 23.3 Å². The standard InChI is InChI=1S/C6H5N2P.CHF3O3S/c1-2-4-6-5(3-1)7-8-9-6;2-1(3,4)8(5,6)7/h1-4H,(H,7,8);(H,5,6,7). The summed E-state index contributed by atoms with van der Waals surface area (Å²) in [6.45, 7) is 0. The topological polar surface area (TPSA) is 87.1 Å². The summed E-state index contributed by atoms with van der Waals surface area (Å²) in [6.07, 6.45) is 0. The van der Waals surface area contributed by atoms with E-state index in [9.17, 15) is 13.2 Å². The highest BCUT2D eigenvalue weighted by Crippen LogP contribution is 2.20. The van der Waals surface area contributed by atoms with Crippen molar-refractivity contribution in [3.05, 3.63) is 24.3 Å². The number of halogens is 3. The summed E-state index contributed by atoms with van der Waals surface area (Å²) >= 11 is 0. The first-order valence-corrected chi connectivity index (χ1v) is 6.35. The van der Waals surface area contributed by atoms with Crippen molar-refractivity contribution in [3.63, 3.8) is 0 Å². The normalized spacial score (nSPS) is 12.5. The Morgan fingerprint density at radius 1 is 1.29 bits per heavy atom. The number of aromatic nitrogens is 2. The molecule has 0 spiro atoms. The van der Waals surface area contributed by atoms with Crippen molar-refractivity contribution in [2.45, 2.75) is 5.51 Å². The predicted octanol–water partition coefficient (Wildman–Crippen LogP) is 1.61.